The topological polar surface area (TPSA) is 72.0 Å². The molecule has 25 heavy (non-hydrogen) atoms. The van der Waals surface area contributed by atoms with E-state index < -0.39 is 0 Å². The van der Waals surface area contributed by atoms with Crippen molar-refractivity contribution >= 4 is 28.3 Å². The molecule has 0 saturated carbocycles. The van der Waals surface area contributed by atoms with Crippen LogP contribution >= 0.6 is 0 Å². The van der Waals surface area contributed by atoms with Gasteiger partial charge in [0, 0.05) is 17.9 Å². The van der Waals surface area contributed by atoms with Crippen LogP contribution in [0, 0.1) is 20.8 Å². The first-order chi connectivity index (χ1) is 11.9. The van der Waals surface area contributed by atoms with E-state index >= 15 is 0 Å². The number of carbonyl (C=O) groups is 2. The van der Waals surface area contributed by atoms with E-state index in [1.54, 1.807) is 12.1 Å². The van der Waals surface area contributed by atoms with E-state index in [4.69, 9.17) is 0 Å². The van der Waals surface area contributed by atoms with Crippen LogP contribution < -0.4 is 5.32 Å². The van der Waals surface area contributed by atoms with Crippen molar-refractivity contribution in [3.05, 3.63) is 64.3 Å². The van der Waals surface area contributed by atoms with Gasteiger partial charge in [0.15, 0.2) is 5.69 Å². The van der Waals surface area contributed by atoms with Gasteiger partial charge in [-0.3, -0.25) is 9.59 Å². The van der Waals surface area contributed by atoms with Gasteiger partial charge in [-0.05, 0) is 31.9 Å². The second-order valence-corrected chi connectivity index (χ2v) is 6.22. The summed E-state index contributed by atoms with van der Waals surface area (Å²) in [5.74, 6) is -0.521. The highest BCUT2D eigenvalue weighted by molar-refractivity contribution is 6.17. The molecule has 5 heteroatoms. The molecule has 0 atom stereocenters. The van der Waals surface area contributed by atoms with Crippen molar-refractivity contribution in [2.75, 3.05) is 5.32 Å². The highest BCUT2D eigenvalue weighted by atomic mass is 16.1. The molecule has 3 aromatic rings. The standard InChI is InChI=1S/C20H19N3O2/c1-11-5-9-15(10-6-11)20(25)19-18(21-14(4)24)16-12(2)7-8-13(3)17(16)22-23-19/h5-10H,1-4H3,(H,21,22,24). The first-order valence-electron chi connectivity index (χ1n) is 8.04. The first-order valence-corrected chi connectivity index (χ1v) is 8.04. The highest BCUT2D eigenvalue weighted by Gasteiger charge is 2.21. The van der Waals surface area contributed by atoms with Crippen molar-refractivity contribution in [3.63, 3.8) is 0 Å². The third-order valence-corrected chi connectivity index (χ3v) is 4.15. The van der Waals surface area contributed by atoms with Gasteiger partial charge in [-0.2, -0.15) is 0 Å². The molecule has 0 fully saturated rings. The van der Waals surface area contributed by atoms with E-state index in [1.807, 2.05) is 45.0 Å². The SMILES string of the molecule is CC(=O)Nc1c(C(=O)c2ccc(C)cc2)nnc2c(C)ccc(C)c12. The molecule has 0 unspecified atom stereocenters. The number of benzene rings is 2. The van der Waals surface area contributed by atoms with Gasteiger partial charge < -0.3 is 5.32 Å². The maximum Gasteiger partial charge on any atom is 0.221 e. The quantitative estimate of drug-likeness (QED) is 0.741. The fraction of sp³-hybridized carbons (Fsp3) is 0.200. The van der Waals surface area contributed by atoms with Gasteiger partial charge in [0.05, 0.1) is 11.2 Å². The molecule has 0 radical (unpaired) electrons. The van der Waals surface area contributed by atoms with Gasteiger partial charge in [-0.1, -0.05) is 42.0 Å². The number of aryl methyl sites for hydroxylation is 3. The van der Waals surface area contributed by atoms with E-state index in [9.17, 15) is 9.59 Å². The van der Waals surface area contributed by atoms with E-state index in [0.29, 0.717) is 16.8 Å². The molecule has 1 aromatic heterocycles. The zero-order valence-corrected chi connectivity index (χ0v) is 14.7. The van der Waals surface area contributed by atoms with Crippen molar-refractivity contribution in [2.24, 2.45) is 0 Å². The van der Waals surface area contributed by atoms with Crippen LogP contribution in [0.5, 0.6) is 0 Å². The van der Waals surface area contributed by atoms with Gasteiger partial charge >= 0.3 is 0 Å². The molecule has 1 amide bonds. The van der Waals surface area contributed by atoms with Gasteiger partial charge in [-0.25, -0.2) is 0 Å². The van der Waals surface area contributed by atoms with E-state index in [1.165, 1.54) is 6.92 Å². The lowest BCUT2D eigenvalue weighted by Crippen LogP contribution is -2.15. The Hall–Kier alpha value is -3.08. The number of aromatic nitrogens is 2. The van der Waals surface area contributed by atoms with Crippen LogP contribution in [-0.4, -0.2) is 21.9 Å². The predicted octanol–water partition coefficient (Wildman–Crippen LogP) is 3.74. The minimum atomic E-state index is -0.265. The molecule has 0 bridgehead atoms. The van der Waals surface area contributed by atoms with Crippen LogP contribution in [0.25, 0.3) is 10.9 Å². The minimum Gasteiger partial charge on any atom is -0.324 e. The molecular formula is C20H19N3O2. The largest absolute Gasteiger partial charge is 0.324 e. The Bertz CT molecular complexity index is 992. The molecule has 0 aliphatic rings. The molecular weight excluding hydrogens is 314 g/mol. The molecule has 1 heterocycles. The van der Waals surface area contributed by atoms with Crippen molar-refractivity contribution < 1.29 is 9.59 Å². The number of hydrogen-bond donors (Lipinski definition) is 1. The first kappa shape index (κ1) is 16.8. The number of carbonyl (C=O) groups excluding carboxylic acids is 2. The summed E-state index contributed by atoms with van der Waals surface area (Å²) in [7, 11) is 0. The second-order valence-electron chi connectivity index (χ2n) is 6.22. The zero-order valence-electron chi connectivity index (χ0n) is 14.7. The van der Waals surface area contributed by atoms with E-state index in [-0.39, 0.29) is 17.4 Å². The summed E-state index contributed by atoms with van der Waals surface area (Å²) in [6.45, 7) is 7.22. The van der Waals surface area contributed by atoms with Gasteiger partial charge in [0.1, 0.15) is 0 Å². The van der Waals surface area contributed by atoms with Crippen LogP contribution in [0.4, 0.5) is 5.69 Å². The Balaban J connectivity index is 2.27. The number of rotatable bonds is 3. The summed E-state index contributed by atoms with van der Waals surface area (Å²) < 4.78 is 0. The normalized spacial score (nSPS) is 10.7. The molecule has 0 aliphatic heterocycles. The van der Waals surface area contributed by atoms with E-state index in [2.05, 4.69) is 15.5 Å². The maximum absolute atomic E-state index is 12.9. The fourth-order valence-corrected chi connectivity index (χ4v) is 2.81. The van der Waals surface area contributed by atoms with Crippen molar-refractivity contribution in [1.29, 1.82) is 0 Å². The lowest BCUT2D eigenvalue weighted by atomic mass is 10.00. The summed E-state index contributed by atoms with van der Waals surface area (Å²) in [5, 5.41) is 11.9. The summed E-state index contributed by atoms with van der Waals surface area (Å²) in [6.07, 6.45) is 0. The van der Waals surface area contributed by atoms with Crippen LogP contribution in [0.15, 0.2) is 36.4 Å². The lowest BCUT2D eigenvalue weighted by molar-refractivity contribution is -0.114. The number of hydrogen-bond acceptors (Lipinski definition) is 4. The number of anilines is 1. The molecule has 0 aliphatic carbocycles. The number of nitrogens with zero attached hydrogens (tertiary/aromatic N) is 2. The Kier molecular flexibility index (Phi) is 4.31. The fourth-order valence-electron chi connectivity index (χ4n) is 2.81. The van der Waals surface area contributed by atoms with Gasteiger partial charge in [0.25, 0.3) is 0 Å². The smallest absolute Gasteiger partial charge is 0.221 e. The summed E-state index contributed by atoms with van der Waals surface area (Å²) in [6, 6.07) is 11.1. The third-order valence-electron chi connectivity index (χ3n) is 4.15. The average Bonchev–Trinajstić information content (AvgIpc) is 2.58. The number of fused-ring (bicyclic) bond motifs is 1. The predicted molar refractivity (Wildman–Crippen MR) is 97.9 cm³/mol. The number of nitrogens with one attached hydrogen (secondary N) is 1. The third kappa shape index (κ3) is 3.13. The highest BCUT2D eigenvalue weighted by Crippen LogP contribution is 2.30. The van der Waals surface area contributed by atoms with Crippen molar-refractivity contribution in [2.45, 2.75) is 27.7 Å². The molecule has 0 saturated heterocycles. The second kappa shape index (κ2) is 6.43. The molecule has 2 aromatic carbocycles. The Morgan fingerprint density at radius 3 is 2.16 bits per heavy atom. The molecule has 126 valence electrons. The monoisotopic (exact) mass is 333 g/mol. The van der Waals surface area contributed by atoms with Gasteiger partial charge in [-0.15, -0.1) is 10.2 Å². The number of ketones is 1. The van der Waals surface area contributed by atoms with Crippen LogP contribution in [0.2, 0.25) is 0 Å². The molecule has 0 spiro atoms. The lowest BCUT2D eigenvalue weighted by Gasteiger charge is -2.14. The molecule has 5 nitrogen and oxygen atoms in total. The average molecular weight is 333 g/mol. The summed E-state index contributed by atoms with van der Waals surface area (Å²) >= 11 is 0. The Labute approximate surface area is 146 Å². The Morgan fingerprint density at radius 2 is 1.52 bits per heavy atom. The van der Waals surface area contributed by atoms with Crippen LogP contribution in [-0.2, 0) is 4.79 Å². The Morgan fingerprint density at radius 1 is 0.880 bits per heavy atom. The summed E-state index contributed by atoms with van der Waals surface area (Å²) in [4.78, 5) is 24.7. The minimum absolute atomic E-state index is 0.153. The number of amides is 1. The molecule has 3 rings (SSSR count). The van der Waals surface area contributed by atoms with Gasteiger partial charge in [0.2, 0.25) is 11.7 Å². The maximum atomic E-state index is 12.9. The summed E-state index contributed by atoms with van der Waals surface area (Å²) in [5.41, 5.74) is 4.70. The van der Waals surface area contributed by atoms with E-state index in [0.717, 1.165) is 22.1 Å². The molecule has 1 N–H and O–H groups in total. The zero-order chi connectivity index (χ0) is 18.1. The van der Waals surface area contributed by atoms with Crippen molar-refractivity contribution in [1.82, 2.24) is 10.2 Å². The van der Waals surface area contributed by atoms with Crippen LogP contribution in [0.3, 0.4) is 0 Å². The van der Waals surface area contributed by atoms with Crippen molar-refractivity contribution in [3.8, 4) is 0 Å². The van der Waals surface area contributed by atoms with Crippen LogP contribution in [0.1, 0.15) is 39.7 Å².